The minimum atomic E-state index is -0.0713. The van der Waals surface area contributed by atoms with Gasteiger partial charge < -0.3 is 15.4 Å². The van der Waals surface area contributed by atoms with Gasteiger partial charge in [-0.3, -0.25) is 14.6 Å². The van der Waals surface area contributed by atoms with Crippen molar-refractivity contribution in [2.45, 2.75) is 6.54 Å². The minimum absolute atomic E-state index is 0.0713. The summed E-state index contributed by atoms with van der Waals surface area (Å²) in [7, 11) is 0. The van der Waals surface area contributed by atoms with E-state index in [9.17, 15) is 4.79 Å². The Balaban J connectivity index is 1.38. The monoisotopic (exact) mass is 403 g/mol. The van der Waals surface area contributed by atoms with Crippen molar-refractivity contribution >= 4 is 34.3 Å². The number of benzene rings is 1. The molecule has 0 spiro atoms. The Morgan fingerprint density at radius 3 is 2.80 bits per heavy atom. The Kier molecular flexibility index (Phi) is 5.08. The van der Waals surface area contributed by atoms with E-state index in [1.807, 2.05) is 30.5 Å². The van der Waals surface area contributed by atoms with E-state index in [0.29, 0.717) is 5.57 Å². The molecule has 1 fully saturated rings. The van der Waals surface area contributed by atoms with Gasteiger partial charge in [0.05, 0.1) is 6.61 Å². The van der Waals surface area contributed by atoms with E-state index in [1.54, 1.807) is 6.20 Å². The average Bonchev–Trinajstić information content (AvgIpc) is 3.31. The summed E-state index contributed by atoms with van der Waals surface area (Å²) in [6.07, 6.45) is 5.59. The average molecular weight is 403 g/mol. The molecule has 0 saturated carbocycles. The molecule has 1 saturated heterocycles. The van der Waals surface area contributed by atoms with Crippen LogP contribution in [0.3, 0.4) is 0 Å². The fourth-order valence-corrected chi connectivity index (χ4v) is 4.30. The summed E-state index contributed by atoms with van der Waals surface area (Å²) < 4.78 is 0. The number of pyridine rings is 1. The molecule has 7 heteroatoms. The van der Waals surface area contributed by atoms with Crippen molar-refractivity contribution in [1.29, 1.82) is 0 Å². The SMILES string of the molecule is O=C1Nc2ccc(CN3CCN(CCO)CC3)cc2C1=Cc1c[nH]c2ncccc12. The number of hydrogen-bond acceptors (Lipinski definition) is 5. The summed E-state index contributed by atoms with van der Waals surface area (Å²) in [6, 6.07) is 10.1. The summed E-state index contributed by atoms with van der Waals surface area (Å²) in [6.45, 7) is 5.75. The number of H-pyrrole nitrogens is 1. The number of aromatic nitrogens is 2. The van der Waals surface area contributed by atoms with E-state index in [1.165, 1.54) is 5.56 Å². The van der Waals surface area contributed by atoms with Gasteiger partial charge in [0.2, 0.25) is 0 Å². The Morgan fingerprint density at radius 1 is 1.13 bits per heavy atom. The predicted molar refractivity (Wildman–Crippen MR) is 118 cm³/mol. The van der Waals surface area contributed by atoms with E-state index in [0.717, 1.165) is 67.1 Å². The molecule has 0 atom stereocenters. The number of aromatic amines is 1. The molecular formula is C23H25N5O2. The van der Waals surface area contributed by atoms with E-state index < -0.39 is 0 Å². The molecule has 0 radical (unpaired) electrons. The second kappa shape index (κ2) is 8.02. The molecule has 1 aromatic carbocycles. The second-order valence-electron chi connectivity index (χ2n) is 7.88. The van der Waals surface area contributed by atoms with Crippen LogP contribution >= 0.6 is 0 Å². The Hall–Kier alpha value is -3.00. The van der Waals surface area contributed by atoms with Crippen molar-refractivity contribution in [3.8, 4) is 0 Å². The maximum atomic E-state index is 12.7. The topological polar surface area (TPSA) is 84.5 Å². The number of fused-ring (bicyclic) bond motifs is 2. The van der Waals surface area contributed by atoms with Gasteiger partial charge in [-0.15, -0.1) is 0 Å². The van der Waals surface area contributed by atoms with Crippen LogP contribution in [0.4, 0.5) is 5.69 Å². The second-order valence-corrected chi connectivity index (χ2v) is 7.88. The van der Waals surface area contributed by atoms with Gasteiger partial charge in [-0.2, -0.15) is 0 Å². The number of nitrogens with zero attached hydrogens (tertiary/aromatic N) is 3. The molecule has 1 amide bonds. The number of β-amino-alcohol motifs (C(OH)–C–C–N with tert-alkyl or cyclic N) is 1. The van der Waals surface area contributed by atoms with Crippen LogP contribution in [0.1, 0.15) is 16.7 Å². The maximum Gasteiger partial charge on any atom is 0.256 e. The summed E-state index contributed by atoms with van der Waals surface area (Å²) in [4.78, 5) is 24.9. The van der Waals surface area contributed by atoms with Crippen molar-refractivity contribution in [2.24, 2.45) is 0 Å². The standard InChI is InChI=1S/C23H25N5O2/c29-11-10-27-6-8-28(9-7-27)15-16-3-4-21-19(12-16)20(23(30)26-21)13-17-14-25-22-18(17)2-1-5-24-22/h1-5,12-14,29H,6-11,15H2,(H,24,25)(H,26,30). The van der Waals surface area contributed by atoms with Crippen molar-refractivity contribution in [3.63, 3.8) is 0 Å². The number of rotatable bonds is 5. The Labute approximate surface area is 175 Å². The van der Waals surface area contributed by atoms with Crippen molar-refractivity contribution in [1.82, 2.24) is 19.8 Å². The molecule has 0 aliphatic carbocycles. The minimum Gasteiger partial charge on any atom is -0.395 e. The van der Waals surface area contributed by atoms with E-state index in [2.05, 4.69) is 37.2 Å². The lowest BCUT2D eigenvalue weighted by molar-refractivity contribution is -0.110. The molecule has 2 aromatic heterocycles. The van der Waals surface area contributed by atoms with Crippen LogP contribution in [0.25, 0.3) is 22.7 Å². The van der Waals surface area contributed by atoms with Gasteiger partial charge in [0.25, 0.3) is 5.91 Å². The van der Waals surface area contributed by atoms with Crippen LogP contribution in [0.5, 0.6) is 0 Å². The summed E-state index contributed by atoms with van der Waals surface area (Å²) >= 11 is 0. The molecule has 0 unspecified atom stereocenters. The lowest BCUT2D eigenvalue weighted by atomic mass is 10.0. The molecule has 3 N–H and O–H groups in total. The predicted octanol–water partition coefficient (Wildman–Crippen LogP) is 2.17. The highest BCUT2D eigenvalue weighted by atomic mass is 16.3. The molecular weight excluding hydrogens is 378 g/mol. The third-order valence-corrected chi connectivity index (χ3v) is 5.94. The van der Waals surface area contributed by atoms with Gasteiger partial charge in [-0.05, 0) is 35.9 Å². The zero-order chi connectivity index (χ0) is 20.5. The van der Waals surface area contributed by atoms with Gasteiger partial charge in [-0.25, -0.2) is 4.98 Å². The van der Waals surface area contributed by atoms with E-state index >= 15 is 0 Å². The molecule has 2 aliphatic rings. The Bertz CT molecular complexity index is 1110. The van der Waals surface area contributed by atoms with Crippen molar-refractivity contribution < 1.29 is 9.90 Å². The lowest BCUT2D eigenvalue weighted by Crippen LogP contribution is -2.46. The fourth-order valence-electron chi connectivity index (χ4n) is 4.30. The first kappa shape index (κ1) is 19.0. The normalized spacial score (nSPS) is 18.8. The largest absolute Gasteiger partial charge is 0.395 e. The first-order valence-corrected chi connectivity index (χ1v) is 10.4. The zero-order valence-electron chi connectivity index (χ0n) is 16.8. The molecule has 2 aliphatic heterocycles. The number of carbonyl (C=O) groups is 1. The molecule has 154 valence electrons. The lowest BCUT2D eigenvalue weighted by Gasteiger charge is -2.34. The first-order chi connectivity index (χ1) is 14.7. The molecule has 30 heavy (non-hydrogen) atoms. The molecule has 0 bridgehead atoms. The number of carbonyl (C=O) groups excluding carboxylic acids is 1. The van der Waals surface area contributed by atoms with E-state index in [4.69, 9.17) is 5.11 Å². The highest BCUT2D eigenvalue weighted by Crippen LogP contribution is 2.35. The van der Waals surface area contributed by atoms with Gasteiger partial charge in [-0.1, -0.05) is 6.07 Å². The molecule has 3 aromatic rings. The van der Waals surface area contributed by atoms with Crippen LogP contribution < -0.4 is 5.32 Å². The van der Waals surface area contributed by atoms with Gasteiger partial charge >= 0.3 is 0 Å². The quantitative estimate of drug-likeness (QED) is 0.569. The Morgan fingerprint density at radius 2 is 1.97 bits per heavy atom. The number of anilines is 1. The summed E-state index contributed by atoms with van der Waals surface area (Å²) in [5.41, 5.74) is 5.48. The number of aliphatic hydroxyl groups excluding tert-OH is 1. The highest BCUT2D eigenvalue weighted by Gasteiger charge is 2.25. The molecule has 7 nitrogen and oxygen atoms in total. The molecule has 4 heterocycles. The van der Waals surface area contributed by atoms with Gasteiger partial charge in [0, 0.05) is 79.4 Å². The van der Waals surface area contributed by atoms with Crippen LogP contribution in [0.15, 0.2) is 42.7 Å². The fraction of sp³-hybridized carbons (Fsp3) is 0.304. The maximum absolute atomic E-state index is 12.7. The third kappa shape index (κ3) is 3.63. The number of nitrogens with one attached hydrogen (secondary N) is 2. The smallest absolute Gasteiger partial charge is 0.256 e. The van der Waals surface area contributed by atoms with Crippen LogP contribution in [-0.2, 0) is 11.3 Å². The third-order valence-electron chi connectivity index (χ3n) is 5.94. The van der Waals surface area contributed by atoms with Gasteiger partial charge in [0.15, 0.2) is 0 Å². The van der Waals surface area contributed by atoms with Crippen molar-refractivity contribution in [2.75, 3.05) is 44.6 Å². The number of hydrogen-bond donors (Lipinski definition) is 3. The first-order valence-electron chi connectivity index (χ1n) is 10.4. The zero-order valence-corrected chi connectivity index (χ0v) is 16.8. The van der Waals surface area contributed by atoms with E-state index in [-0.39, 0.29) is 12.5 Å². The molecule has 5 rings (SSSR count). The van der Waals surface area contributed by atoms with Gasteiger partial charge in [0.1, 0.15) is 5.65 Å². The van der Waals surface area contributed by atoms with Crippen LogP contribution in [0, 0.1) is 0 Å². The van der Waals surface area contributed by atoms with Crippen LogP contribution in [-0.4, -0.2) is 70.1 Å². The summed E-state index contributed by atoms with van der Waals surface area (Å²) in [5.74, 6) is -0.0713. The number of aliphatic hydroxyl groups is 1. The van der Waals surface area contributed by atoms with Crippen molar-refractivity contribution in [3.05, 3.63) is 59.4 Å². The number of amides is 1. The van der Waals surface area contributed by atoms with Crippen LogP contribution in [0.2, 0.25) is 0 Å². The number of piperazine rings is 1. The summed E-state index contributed by atoms with van der Waals surface area (Å²) in [5, 5.41) is 13.1. The highest BCUT2D eigenvalue weighted by molar-refractivity contribution is 6.35.